The zero-order valence-corrected chi connectivity index (χ0v) is 27.7. The van der Waals surface area contributed by atoms with Crippen molar-refractivity contribution in [3.63, 3.8) is 0 Å². The normalized spacial score (nSPS) is 10.8. The fourth-order valence-electron chi connectivity index (χ4n) is 4.96. The summed E-state index contributed by atoms with van der Waals surface area (Å²) < 4.78 is 0. The first-order chi connectivity index (χ1) is 22.0. The summed E-state index contributed by atoms with van der Waals surface area (Å²) in [6, 6.07) is 40.9. The molecule has 4 aromatic carbocycles. The molecule has 0 radical (unpaired) electrons. The number of carboxylic acids is 4. The monoisotopic (exact) mass is 720 g/mol. The maximum Gasteiger partial charge on any atom is 3.00 e. The predicted molar refractivity (Wildman–Crippen MR) is 169 cm³/mol. The second-order valence-corrected chi connectivity index (χ2v) is 13.9. The summed E-state index contributed by atoms with van der Waals surface area (Å²) in [7, 11) is -1.98. The Morgan fingerprint density at radius 2 is 0.723 bits per heavy atom. The number of carbonyl (C=O) groups excluding carboxylic acids is 4. The average Bonchev–Trinajstić information content (AvgIpc) is 3.02. The van der Waals surface area contributed by atoms with Gasteiger partial charge in [-0.05, 0) is 60.7 Å². The third-order valence-corrected chi connectivity index (χ3v) is 11.3. The molecule has 4 rings (SSSR count). The van der Waals surface area contributed by atoms with E-state index in [0.29, 0.717) is 0 Å². The first kappa shape index (κ1) is 39.1. The zero-order chi connectivity index (χ0) is 33.5. The molecule has 0 heterocycles. The van der Waals surface area contributed by atoms with Gasteiger partial charge in [0.2, 0.25) is 0 Å². The van der Waals surface area contributed by atoms with Crippen molar-refractivity contribution in [2.45, 2.75) is 0 Å². The van der Waals surface area contributed by atoms with Crippen molar-refractivity contribution in [2.75, 3.05) is 39.3 Å². The van der Waals surface area contributed by atoms with Gasteiger partial charge in [0.15, 0.2) is 0 Å². The van der Waals surface area contributed by atoms with Crippen LogP contribution in [0.1, 0.15) is 0 Å². The fraction of sp³-hybridized carbons (Fsp3) is 0.176. The Bertz CT molecular complexity index is 1420. The SMILES string of the molecule is Clc1ccc([P+](c2ccccc2)(c2ccccc2)c2ccccc2)cc1.O=C([O-])CN(CCN(CC(=O)[O-])CC(=O)[O-])CC(=O)[O-].[Co+3]. The van der Waals surface area contributed by atoms with Gasteiger partial charge in [-0.15, -0.1) is 0 Å². The van der Waals surface area contributed by atoms with E-state index in [4.69, 9.17) is 11.6 Å². The molecule has 47 heavy (non-hydrogen) atoms. The van der Waals surface area contributed by atoms with Crippen molar-refractivity contribution >= 4 is 64.0 Å². The maximum absolute atomic E-state index is 10.4. The van der Waals surface area contributed by atoms with Gasteiger partial charge in [0.05, 0.1) is 23.9 Å². The van der Waals surface area contributed by atoms with Crippen molar-refractivity contribution < 1.29 is 56.4 Å². The number of rotatable bonds is 15. The van der Waals surface area contributed by atoms with E-state index in [0.717, 1.165) is 14.8 Å². The van der Waals surface area contributed by atoms with Gasteiger partial charge in [0.25, 0.3) is 0 Å². The number of carbonyl (C=O) groups is 4. The third kappa shape index (κ3) is 11.9. The molecule has 0 spiro atoms. The molecule has 0 amide bonds. The molecule has 0 aliphatic rings. The van der Waals surface area contributed by atoms with Crippen LogP contribution in [0.25, 0.3) is 0 Å². The molecule has 0 fully saturated rings. The molecule has 0 saturated heterocycles. The summed E-state index contributed by atoms with van der Waals surface area (Å²) in [4.78, 5) is 43.4. The van der Waals surface area contributed by atoms with Gasteiger partial charge >= 0.3 is 16.8 Å². The quantitative estimate of drug-likeness (QED) is 0.120. The minimum absolute atomic E-state index is 0. The van der Waals surface area contributed by atoms with Crippen molar-refractivity contribution in [2.24, 2.45) is 0 Å². The Labute approximate surface area is 288 Å². The summed E-state index contributed by atoms with van der Waals surface area (Å²) >= 11 is 6.21. The van der Waals surface area contributed by atoms with Crippen LogP contribution in [0.15, 0.2) is 115 Å². The molecule has 0 bridgehead atoms. The maximum atomic E-state index is 10.4. The predicted octanol–water partition coefficient (Wildman–Crippen LogP) is -2.45. The number of nitrogens with zero attached hydrogens (tertiary/aromatic N) is 2. The van der Waals surface area contributed by atoms with Crippen LogP contribution in [0.2, 0.25) is 5.02 Å². The van der Waals surface area contributed by atoms with E-state index in [1.807, 2.05) is 12.1 Å². The Morgan fingerprint density at radius 3 is 0.979 bits per heavy atom. The molecule has 0 atom stereocenters. The summed E-state index contributed by atoms with van der Waals surface area (Å²) in [5, 5.41) is 47.7. The minimum atomic E-state index is -1.98. The summed E-state index contributed by atoms with van der Waals surface area (Å²) in [5.74, 6) is -6.12. The van der Waals surface area contributed by atoms with E-state index in [2.05, 4.69) is 103 Å². The molecule has 0 aliphatic heterocycles. The summed E-state index contributed by atoms with van der Waals surface area (Å²) in [6.07, 6.45) is 0. The minimum Gasteiger partial charge on any atom is -0.549 e. The smallest absolute Gasteiger partial charge is 0.549 e. The molecule has 0 N–H and O–H groups in total. The topological polar surface area (TPSA) is 167 Å². The van der Waals surface area contributed by atoms with E-state index >= 15 is 0 Å². The molecule has 13 heteroatoms. The molecular formula is C34H31ClCoN2O8P. The molecule has 0 unspecified atom stereocenters. The number of benzene rings is 4. The summed E-state index contributed by atoms with van der Waals surface area (Å²) in [6.45, 7) is -3.25. The van der Waals surface area contributed by atoms with Gasteiger partial charge in [-0.3, -0.25) is 9.80 Å². The average molecular weight is 721 g/mol. The van der Waals surface area contributed by atoms with E-state index in [-0.39, 0.29) is 29.9 Å². The van der Waals surface area contributed by atoms with Crippen molar-refractivity contribution in [3.05, 3.63) is 120 Å². The van der Waals surface area contributed by atoms with E-state index < -0.39 is 57.3 Å². The molecule has 4 aromatic rings. The Hall–Kier alpha value is -4.09. The van der Waals surface area contributed by atoms with E-state index in [1.54, 1.807) is 0 Å². The second-order valence-electron chi connectivity index (χ2n) is 10.1. The number of hydrogen-bond donors (Lipinski definition) is 0. The van der Waals surface area contributed by atoms with Crippen molar-refractivity contribution in [1.82, 2.24) is 9.80 Å². The van der Waals surface area contributed by atoms with Crippen LogP contribution in [0.4, 0.5) is 0 Å². The molecular weight excluding hydrogens is 690 g/mol. The van der Waals surface area contributed by atoms with Gasteiger partial charge in [-0.2, -0.15) is 0 Å². The Balaban J connectivity index is 0.000000334. The molecule has 0 aliphatic carbocycles. The van der Waals surface area contributed by atoms with Gasteiger partial charge < -0.3 is 39.6 Å². The molecule has 0 aromatic heterocycles. The number of halogens is 1. The fourth-order valence-corrected chi connectivity index (χ4v) is 9.32. The van der Waals surface area contributed by atoms with Crippen LogP contribution >= 0.6 is 18.9 Å². The van der Waals surface area contributed by atoms with Gasteiger partial charge in [0.1, 0.15) is 28.5 Å². The van der Waals surface area contributed by atoms with Crippen LogP contribution in [0, 0.1) is 0 Å². The second kappa shape index (κ2) is 19.5. The third-order valence-electron chi connectivity index (χ3n) is 6.79. The van der Waals surface area contributed by atoms with Crippen LogP contribution in [0.5, 0.6) is 0 Å². The number of aliphatic carboxylic acids is 4. The van der Waals surface area contributed by atoms with Gasteiger partial charge in [0, 0.05) is 44.3 Å². The van der Waals surface area contributed by atoms with Crippen LogP contribution in [-0.4, -0.2) is 72.9 Å². The van der Waals surface area contributed by atoms with Gasteiger partial charge in [-0.25, -0.2) is 0 Å². The standard InChI is InChI=1S/C24H19ClP.C10H16N2O8.Co/c25-20-16-18-24(19-17-20)26(21-10-4-1-5-11-21,22-12-6-2-7-13-22)23-14-8-3-9-15-23;13-7(14)3-11(4-8(15)16)1-2-12(5-9(17)18)6-10(19)20;/h1-19H;1-6H2,(H,13,14)(H,15,16)(H,17,18)(H,19,20);/q+1;;+3/p-4. The van der Waals surface area contributed by atoms with Gasteiger partial charge in [-0.1, -0.05) is 66.2 Å². The van der Waals surface area contributed by atoms with Crippen LogP contribution in [0.3, 0.4) is 0 Å². The first-order valence-corrected chi connectivity index (χ1v) is 16.2. The summed E-state index contributed by atoms with van der Waals surface area (Å²) in [5.41, 5.74) is 0. The van der Waals surface area contributed by atoms with Crippen molar-refractivity contribution in [1.29, 1.82) is 0 Å². The van der Waals surface area contributed by atoms with Crippen LogP contribution in [-0.2, 0) is 36.0 Å². The molecule has 0 saturated carbocycles. The largest absolute Gasteiger partial charge is 3.00 e. The number of hydrogen-bond acceptors (Lipinski definition) is 10. The van der Waals surface area contributed by atoms with E-state index in [9.17, 15) is 39.6 Å². The van der Waals surface area contributed by atoms with E-state index in [1.165, 1.54) is 21.2 Å². The molecule has 246 valence electrons. The Kier molecular flexibility index (Phi) is 16.2. The van der Waals surface area contributed by atoms with Crippen molar-refractivity contribution in [3.8, 4) is 0 Å². The van der Waals surface area contributed by atoms with Crippen LogP contribution < -0.4 is 41.6 Å². The molecule has 10 nitrogen and oxygen atoms in total. The number of carboxylic acid groups (broad SMARTS) is 4. The zero-order valence-electron chi connectivity index (χ0n) is 25.0. The Morgan fingerprint density at radius 1 is 0.468 bits per heavy atom. The first-order valence-electron chi connectivity index (χ1n) is 14.1.